The molecule has 0 bridgehead atoms. The largest absolute Gasteiger partial charge is 0.437 e. The highest BCUT2D eigenvalue weighted by Gasteiger charge is 2.38. The summed E-state index contributed by atoms with van der Waals surface area (Å²) in [6, 6.07) is 7.37. The van der Waals surface area contributed by atoms with Gasteiger partial charge in [-0.2, -0.15) is 26.3 Å². The highest BCUT2D eigenvalue weighted by Crippen LogP contribution is 2.37. The lowest BCUT2D eigenvalue weighted by atomic mass is 10.1. The number of carbonyl (C=O) groups is 1. The van der Waals surface area contributed by atoms with E-state index in [2.05, 4.69) is 15.5 Å². The molecule has 1 heterocycles. The molecule has 36 heavy (non-hydrogen) atoms. The monoisotopic (exact) mass is 533 g/mol. The molecule has 1 N–H and O–H groups in total. The second kappa shape index (κ2) is 9.41. The smallest absolute Gasteiger partial charge is 0.435 e. The number of amides is 1. The van der Waals surface area contributed by atoms with E-state index in [0.717, 1.165) is 31.4 Å². The number of alkyl halides is 6. The van der Waals surface area contributed by atoms with E-state index in [0.29, 0.717) is 6.07 Å². The molecule has 3 rings (SSSR count). The van der Waals surface area contributed by atoms with Crippen LogP contribution in [0.25, 0.3) is 0 Å². The van der Waals surface area contributed by atoms with E-state index in [1.54, 1.807) is 0 Å². The lowest BCUT2D eigenvalue weighted by Gasteiger charge is -2.17. The third-order valence-corrected chi connectivity index (χ3v) is 6.02. The molecule has 0 atom stereocenters. The highest BCUT2D eigenvalue weighted by molar-refractivity contribution is 7.90. The summed E-state index contributed by atoms with van der Waals surface area (Å²) in [5.74, 6) is -2.04. The minimum absolute atomic E-state index is 0.0311. The number of aryl methyl sites for hydroxylation is 1. The van der Waals surface area contributed by atoms with E-state index in [1.807, 2.05) is 0 Å². The van der Waals surface area contributed by atoms with Crippen LogP contribution in [0.15, 0.2) is 47.4 Å². The molecule has 7 nitrogen and oxygen atoms in total. The summed E-state index contributed by atoms with van der Waals surface area (Å²) in [5, 5.41) is 8.74. The molecule has 3 aromatic rings. The molecule has 0 saturated heterocycles. The molecule has 1 amide bonds. The van der Waals surface area contributed by atoms with Gasteiger partial charge in [-0.3, -0.25) is 4.79 Å². The number of benzene rings is 2. The Morgan fingerprint density at radius 3 is 2.17 bits per heavy atom. The summed E-state index contributed by atoms with van der Waals surface area (Å²) in [7, 11) is -3.65. The number of aromatic nitrogens is 2. The van der Waals surface area contributed by atoms with Crippen LogP contribution in [0.3, 0.4) is 0 Å². The van der Waals surface area contributed by atoms with Gasteiger partial charge in [-0.1, -0.05) is 6.07 Å². The van der Waals surface area contributed by atoms with Crippen molar-refractivity contribution in [3.05, 3.63) is 70.4 Å². The summed E-state index contributed by atoms with van der Waals surface area (Å²) in [6.07, 6.45) is -8.69. The van der Waals surface area contributed by atoms with Crippen LogP contribution in [-0.4, -0.2) is 30.8 Å². The van der Waals surface area contributed by atoms with Gasteiger partial charge in [0.1, 0.15) is 11.3 Å². The standard InChI is InChI=1S/C22H17F6N3O4S/c1-11-9-13(21(23,24)25)7-8-16(11)35-20-17(12(2)18(30-31-20)22(26,27)28)19(32)29-14-5-4-6-15(10-14)36(3,33)34/h4-10H,1-3H3,(H,29,32). The first-order chi connectivity index (χ1) is 16.5. The number of anilines is 1. The Bertz CT molecular complexity index is 1440. The van der Waals surface area contributed by atoms with E-state index in [4.69, 9.17) is 4.74 Å². The number of carbonyl (C=O) groups excluding carboxylic acids is 1. The van der Waals surface area contributed by atoms with Gasteiger partial charge in [0.15, 0.2) is 15.5 Å². The summed E-state index contributed by atoms with van der Waals surface area (Å²) in [5.41, 5.74) is -3.89. The predicted molar refractivity (Wildman–Crippen MR) is 116 cm³/mol. The van der Waals surface area contributed by atoms with Gasteiger partial charge in [0.25, 0.3) is 11.8 Å². The van der Waals surface area contributed by atoms with Gasteiger partial charge in [0.2, 0.25) is 0 Å². The van der Waals surface area contributed by atoms with Crippen LogP contribution in [0.5, 0.6) is 11.6 Å². The molecule has 0 aliphatic heterocycles. The van der Waals surface area contributed by atoms with E-state index in [-0.39, 0.29) is 21.9 Å². The molecule has 2 aromatic carbocycles. The zero-order valence-electron chi connectivity index (χ0n) is 18.7. The van der Waals surface area contributed by atoms with Crippen LogP contribution in [0.2, 0.25) is 0 Å². The first kappa shape index (κ1) is 26.9. The maximum absolute atomic E-state index is 13.4. The number of hydrogen-bond donors (Lipinski definition) is 1. The normalized spacial score (nSPS) is 12.4. The van der Waals surface area contributed by atoms with E-state index >= 15 is 0 Å². The van der Waals surface area contributed by atoms with E-state index < -0.39 is 56.4 Å². The number of nitrogens with one attached hydrogen (secondary N) is 1. The Hall–Kier alpha value is -3.68. The Balaban J connectivity index is 2.07. The maximum Gasteiger partial charge on any atom is 0.435 e. The molecular formula is C22H17F6N3O4S. The maximum atomic E-state index is 13.4. The molecule has 0 fully saturated rings. The molecule has 0 unspecified atom stereocenters. The van der Waals surface area contributed by atoms with Gasteiger partial charge in [-0.15, -0.1) is 10.2 Å². The minimum atomic E-state index is -4.98. The van der Waals surface area contributed by atoms with E-state index in [9.17, 15) is 39.6 Å². The van der Waals surface area contributed by atoms with Crippen molar-refractivity contribution >= 4 is 21.4 Å². The van der Waals surface area contributed by atoms with Gasteiger partial charge in [-0.05, 0) is 61.4 Å². The van der Waals surface area contributed by atoms with Crippen LogP contribution >= 0.6 is 0 Å². The summed E-state index contributed by atoms with van der Waals surface area (Å²) in [6.45, 7) is 2.22. The second-order valence-electron chi connectivity index (χ2n) is 7.69. The molecule has 0 aliphatic rings. The molecule has 0 spiro atoms. The zero-order chi connectivity index (χ0) is 27.1. The quantitative estimate of drug-likeness (QED) is 0.430. The zero-order valence-corrected chi connectivity index (χ0v) is 19.6. The molecule has 14 heteroatoms. The minimum Gasteiger partial charge on any atom is -0.437 e. The number of hydrogen-bond acceptors (Lipinski definition) is 6. The number of ether oxygens (including phenoxy) is 1. The Kier molecular flexibility index (Phi) is 7.03. The summed E-state index contributed by atoms with van der Waals surface area (Å²) < 4.78 is 108. The second-order valence-corrected chi connectivity index (χ2v) is 9.70. The van der Waals surface area contributed by atoms with Crippen molar-refractivity contribution in [2.45, 2.75) is 31.1 Å². The van der Waals surface area contributed by atoms with Crippen LogP contribution in [0.4, 0.5) is 32.0 Å². The SMILES string of the molecule is Cc1cc(C(F)(F)F)ccc1Oc1nnc(C(F)(F)F)c(C)c1C(=O)Nc1cccc(S(C)(=O)=O)c1. The first-order valence-electron chi connectivity index (χ1n) is 9.90. The number of rotatable bonds is 5. The van der Waals surface area contributed by atoms with Gasteiger partial charge >= 0.3 is 12.4 Å². The van der Waals surface area contributed by atoms with Crippen molar-refractivity contribution < 1.29 is 44.3 Å². The van der Waals surface area contributed by atoms with Crippen LogP contribution in [0, 0.1) is 13.8 Å². The Morgan fingerprint density at radius 2 is 1.61 bits per heavy atom. The Morgan fingerprint density at radius 1 is 0.944 bits per heavy atom. The number of nitrogens with zero attached hydrogens (tertiary/aromatic N) is 2. The number of halogens is 6. The van der Waals surface area contributed by atoms with Crippen LogP contribution < -0.4 is 10.1 Å². The van der Waals surface area contributed by atoms with Gasteiger partial charge in [-0.25, -0.2) is 8.42 Å². The van der Waals surface area contributed by atoms with Crippen molar-refractivity contribution in [2.75, 3.05) is 11.6 Å². The summed E-state index contributed by atoms with van der Waals surface area (Å²) in [4.78, 5) is 12.9. The lowest BCUT2D eigenvalue weighted by Crippen LogP contribution is -2.21. The summed E-state index contributed by atoms with van der Waals surface area (Å²) >= 11 is 0. The molecule has 192 valence electrons. The van der Waals surface area contributed by atoms with Crippen molar-refractivity contribution in [1.29, 1.82) is 0 Å². The fourth-order valence-corrected chi connectivity index (χ4v) is 3.82. The number of sulfone groups is 1. The third-order valence-electron chi connectivity index (χ3n) is 4.91. The van der Waals surface area contributed by atoms with Crippen molar-refractivity contribution in [3.63, 3.8) is 0 Å². The van der Waals surface area contributed by atoms with Gasteiger partial charge in [0, 0.05) is 11.9 Å². The average Bonchev–Trinajstić information content (AvgIpc) is 2.73. The molecular weight excluding hydrogens is 516 g/mol. The van der Waals surface area contributed by atoms with Gasteiger partial charge < -0.3 is 10.1 Å². The van der Waals surface area contributed by atoms with Crippen molar-refractivity contribution in [3.8, 4) is 11.6 Å². The predicted octanol–water partition coefficient (Wildman–Crippen LogP) is 5.58. The molecule has 0 saturated carbocycles. The van der Waals surface area contributed by atoms with Crippen molar-refractivity contribution in [1.82, 2.24) is 10.2 Å². The fraction of sp³-hybridized carbons (Fsp3) is 0.227. The lowest BCUT2D eigenvalue weighted by molar-refractivity contribution is -0.142. The third kappa shape index (κ3) is 5.93. The van der Waals surface area contributed by atoms with Crippen LogP contribution in [0.1, 0.15) is 32.7 Å². The fourth-order valence-electron chi connectivity index (χ4n) is 3.15. The van der Waals surface area contributed by atoms with E-state index in [1.165, 1.54) is 25.1 Å². The molecule has 1 aromatic heterocycles. The highest BCUT2D eigenvalue weighted by atomic mass is 32.2. The van der Waals surface area contributed by atoms with Gasteiger partial charge in [0.05, 0.1) is 10.5 Å². The average molecular weight is 533 g/mol. The van der Waals surface area contributed by atoms with Crippen molar-refractivity contribution in [2.24, 2.45) is 0 Å². The topological polar surface area (TPSA) is 98.2 Å². The Labute approximate surface area is 201 Å². The first-order valence-corrected chi connectivity index (χ1v) is 11.8. The van der Waals surface area contributed by atoms with Crippen LogP contribution in [-0.2, 0) is 22.2 Å². The molecule has 0 aliphatic carbocycles. The molecule has 0 radical (unpaired) electrons.